The monoisotopic (exact) mass is 263 g/mol. The third-order valence-corrected chi connectivity index (χ3v) is 2.75. The molecule has 1 heterocycles. The van der Waals surface area contributed by atoms with Crippen LogP contribution in [0.25, 0.3) is 0 Å². The molecule has 94 valence electrons. The van der Waals surface area contributed by atoms with Crippen LogP contribution in [0.5, 0.6) is 0 Å². The van der Waals surface area contributed by atoms with Crippen LogP contribution in [0.2, 0.25) is 0 Å². The molecule has 0 aliphatic heterocycles. The standard InChI is InChI=1S/C13H14ClN3O/c1-10(14)13(18)17(9-11-7-8-15-16-11)12-5-3-2-4-6-12/h2-8,10H,9H2,1H3,(H,15,16). The number of benzene rings is 1. The third kappa shape index (κ3) is 2.90. The van der Waals surface area contributed by atoms with E-state index >= 15 is 0 Å². The summed E-state index contributed by atoms with van der Waals surface area (Å²) >= 11 is 5.90. The molecular formula is C13H14ClN3O. The lowest BCUT2D eigenvalue weighted by atomic mass is 10.2. The normalized spacial score (nSPS) is 12.1. The summed E-state index contributed by atoms with van der Waals surface area (Å²) in [7, 11) is 0. The molecule has 2 rings (SSSR count). The van der Waals surface area contributed by atoms with E-state index in [0.29, 0.717) is 6.54 Å². The second-order valence-corrected chi connectivity index (χ2v) is 4.61. The van der Waals surface area contributed by atoms with Crippen LogP contribution in [0.4, 0.5) is 5.69 Å². The van der Waals surface area contributed by atoms with E-state index in [-0.39, 0.29) is 5.91 Å². The van der Waals surface area contributed by atoms with Gasteiger partial charge in [-0.1, -0.05) is 18.2 Å². The molecule has 1 unspecified atom stereocenters. The molecule has 0 radical (unpaired) electrons. The number of H-pyrrole nitrogens is 1. The van der Waals surface area contributed by atoms with Crippen LogP contribution in [0, 0.1) is 0 Å². The first-order chi connectivity index (χ1) is 8.68. The number of aromatic nitrogens is 2. The molecule has 1 N–H and O–H groups in total. The highest BCUT2D eigenvalue weighted by atomic mass is 35.5. The van der Waals surface area contributed by atoms with Gasteiger partial charge in [-0.3, -0.25) is 9.89 Å². The molecule has 1 aromatic heterocycles. The minimum absolute atomic E-state index is 0.127. The molecule has 0 aliphatic rings. The average Bonchev–Trinajstić information content (AvgIpc) is 2.89. The second kappa shape index (κ2) is 5.69. The van der Waals surface area contributed by atoms with E-state index in [2.05, 4.69) is 10.2 Å². The van der Waals surface area contributed by atoms with Gasteiger partial charge in [-0.25, -0.2) is 0 Å². The predicted octanol–water partition coefficient (Wildman–Crippen LogP) is 2.57. The molecule has 0 saturated heterocycles. The van der Waals surface area contributed by atoms with Crippen LogP contribution in [-0.2, 0) is 11.3 Å². The number of aromatic amines is 1. The van der Waals surface area contributed by atoms with Crippen molar-refractivity contribution in [3.63, 3.8) is 0 Å². The summed E-state index contributed by atoms with van der Waals surface area (Å²) in [6.45, 7) is 2.10. The molecular weight excluding hydrogens is 250 g/mol. The number of hydrogen-bond donors (Lipinski definition) is 1. The Kier molecular flexibility index (Phi) is 3.99. The summed E-state index contributed by atoms with van der Waals surface area (Å²) in [6, 6.07) is 11.3. The lowest BCUT2D eigenvalue weighted by molar-refractivity contribution is -0.118. The minimum atomic E-state index is -0.562. The molecule has 0 aliphatic carbocycles. The molecule has 4 nitrogen and oxygen atoms in total. The van der Waals surface area contributed by atoms with Crippen molar-refractivity contribution in [2.45, 2.75) is 18.8 Å². The maximum atomic E-state index is 12.1. The summed E-state index contributed by atoms with van der Waals surface area (Å²) < 4.78 is 0. The zero-order valence-electron chi connectivity index (χ0n) is 10.0. The van der Waals surface area contributed by atoms with Gasteiger partial charge < -0.3 is 4.90 Å². The summed E-state index contributed by atoms with van der Waals surface area (Å²) in [5, 5.41) is 6.16. The van der Waals surface area contributed by atoms with Gasteiger partial charge in [0.25, 0.3) is 0 Å². The third-order valence-electron chi connectivity index (χ3n) is 2.56. The van der Waals surface area contributed by atoms with Crippen molar-refractivity contribution in [2.24, 2.45) is 0 Å². The molecule has 2 aromatic rings. The van der Waals surface area contributed by atoms with Crippen LogP contribution < -0.4 is 4.90 Å². The number of carbonyl (C=O) groups excluding carboxylic acids is 1. The van der Waals surface area contributed by atoms with Crippen molar-refractivity contribution in [3.05, 3.63) is 48.3 Å². The smallest absolute Gasteiger partial charge is 0.245 e. The minimum Gasteiger partial charge on any atom is -0.305 e. The van der Waals surface area contributed by atoms with E-state index in [4.69, 9.17) is 11.6 Å². The first-order valence-electron chi connectivity index (χ1n) is 5.67. The van der Waals surface area contributed by atoms with Crippen LogP contribution in [0.15, 0.2) is 42.6 Å². The van der Waals surface area contributed by atoms with Gasteiger partial charge in [-0.15, -0.1) is 11.6 Å². The topological polar surface area (TPSA) is 49.0 Å². The Morgan fingerprint density at radius 2 is 2.11 bits per heavy atom. The quantitative estimate of drug-likeness (QED) is 0.862. The molecule has 1 aromatic carbocycles. The Morgan fingerprint density at radius 1 is 1.39 bits per heavy atom. The molecule has 18 heavy (non-hydrogen) atoms. The molecule has 0 spiro atoms. The molecule has 0 bridgehead atoms. The zero-order chi connectivity index (χ0) is 13.0. The average molecular weight is 264 g/mol. The molecule has 0 saturated carbocycles. The fraction of sp³-hybridized carbons (Fsp3) is 0.231. The first kappa shape index (κ1) is 12.6. The van der Waals surface area contributed by atoms with Gasteiger partial charge in [0.15, 0.2) is 0 Å². The number of anilines is 1. The number of para-hydroxylation sites is 1. The van der Waals surface area contributed by atoms with E-state index in [1.807, 2.05) is 36.4 Å². The Bertz CT molecular complexity index is 496. The molecule has 1 atom stereocenters. The summed E-state index contributed by atoms with van der Waals surface area (Å²) in [6.07, 6.45) is 1.66. The number of nitrogens with zero attached hydrogens (tertiary/aromatic N) is 2. The predicted molar refractivity (Wildman–Crippen MR) is 71.5 cm³/mol. The lowest BCUT2D eigenvalue weighted by Crippen LogP contribution is -2.35. The highest BCUT2D eigenvalue weighted by Gasteiger charge is 2.20. The number of hydrogen-bond acceptors (Lipinski definition) is 2. The van der Waals surface area contributed by atoms with E-state index in [0.717, 1.165) is 11.4 Å². The van der Waals surface area contributed by atoms with Crippen molar-refractivity contribution >= 4 is 23.2 Å². The van der Waals surface area contributed by atoms with Crippen LogP contribution in [0.1, 0.15) is 12.6 Å². The van der Waals surface area contributed by atoms with Crippen LogP contribution in [-0.4, -0.2) is 21.5 Å². The molecule has 1 amide bonds. The number of nitrogens with one attached hydrogen (secondary N) is 1. The van der Waals surface area contributed by atoms with E-state index in [1.165, 1.54) is 0 Å². The van der Waals surface area contributed by atoms with Gasteiger partial charge in [-0.05, 0) is 25.1 Å². The highest BCUT2D eigenvalue weighted by Crippen LogP contribution is 2.18. The fourth-order valence-electron chi connectivity index (χ4n) is 1.66. The molecule has 5 heteroatoms. The van der Waals surface area contributed by atoms with E-state index in [1.54, 1.807) is 18.0 Å². The Hall–Kier alpha value is -1.81. The zero-order valence-corrected chi connectivity index (χ0v) is 10.8. The van der Waals surface area contributed by atoms with Crippen molar-refractivity contribution in [2.75, 3.05) is 4.90 Å². The number of amides is 1. The van der Waals surface area contributed by atoms with Gasteiger partial charge >= 0.3 is 0 Å². The summed E-state index contributed by atoms with van der Waals surface area (Å²) in [5.74, 6) is -0.127. The van der Waals surface area contributed by atoms with E-state index in [9.17, 15) is 4.79 Å². The number of halogens is 1. The SMILES string of the molecule is CC(Cl)C(=O)N(Cc1ccn[nH]1)c1ccccc1. The maximum Gasteiger partial charge on any atom is 0.245 e. The van der Waals surface area contributed by atoms with Crippen molar-refractivity contribution in [3.8, 4) is 0 Å². The number of carbonyl (C=O) groups is 1. The van der Waals surface area contributed by atoms with Crippen LogP contribution >= 0.6 is 11.6 Å². The van der Waals surface area contributed by atoms with Gasteiger partial charge in [0.2, 0.25) is 5.91 Å². The number of alkyl halides is 1. The largest absolute Gasteiger partial charge is 0.305 e. The van der Waals surface area contributed by atoms with Crippen LogP contribution in [0.3, 0.4) is 0 Å². The Labute approximate surface area is 111 Å². The summed E-state index contributed by atoms with van der Waals surface area (Å²) in [5.41, 5.74) is 1.69. The fourth-order valence-corrected chi connectivity index (χ4v) is 1.78. The Balaban J connectivity index is 2.26. The van der Waals surface area contributed by atoms with Crippen molar-refractivity contribution in [1.29, 1.82) is 0 Å². The number of rotatable bonds is 4. The second-order valence-electron chi connectivity index (χ2n) is 3.96. The van der Waals surface area contributed by atoms with Crippen molar-refractivity contribution in [1.82, 2.24) is 10.2 Å². The van der Waals surface area contributed by atoms with E-state index < -0.39 is 5.38 Å². The Morgan fingerprint density at radius 3 is 2.67 bits per heavy atom. The highest BCUT2D eigenvalue weighted by molar-refractivity contribution is 6.32. The maximum absolute atomic E-state index is 12.1. The first-order valence-corrected chi connectivity index (χ1v) is 6.11. The van der Waals surface area contributed by atoms with Gasteiger partial charge in [0.1, 0.15) is 5.38 Å². The van der Waals surface area contributed by atoms with Crippen molar-refractivity contribution < 1.29 is 4.79 Å². The van der Waals surface area contributed by atoms with Gasteiger partial charge in [0.05, 0.1) is 12.2 Å². The lowest BCUT2D eigenvalue weighted by Gasteiger charge is -2.23. The van der Waals surface area contributed by atoms with Gasteiger partial charge in [0, 0.05) is 11.9 Å². The summed E-state index contributed by atoms with van der Waals surface area (Å²) in [4.78, 5) is 13.8. The van der Waals surface area contributed by atoms with Gasteiger partial charge in [-0.2, -0.15) is 5.10 Å². The molecule has 0 fully saturated rings.